The Balaban J connectivity index is 1.78. The highest BCUT2D eigenvalue weighted by molar-refractivity contribution is 6.74. The third kappa shape index (κ3) is 3.49. The van der Waals surface area contributed by atoms with Crippen molar-refractivity contribution in [2.75, 3.05) is 0 Å². The molecule has 3 aliphatic rings. The minimum absolute atomic E-state index is 0.146. The predicted octanol–water partition coefficient (Wildman–Crippen LogP) is 5.40. The standard InChI is InChI=1S/C21H36O4Si/c1-19(2,3)26(7,8)25-16-10-9-14-11-15(16)13-21(6,12-14)18-23-17(22)20(4,5)24-18/h10,14-15,18H,9,11-13H2,1-8H3/t14-,15-,18?,21+/m1/s1. The van der Waals surface area contributed by atoms with Crippen LogP contribution in [0.2, 0.25) is 18.1 Å². The molecule has 148 valence electrons. The van der Waals surface area contributed by atoms with E-state index in [2.05, 4.69) is 46.9 Å². The van der Waals surface area contributed by atoms with E-state index in [1.807, 2.05) is 0 Å². The Labute approximate surface area is 159 Å². The molecule has 0 aromatic heterocycles. The Bertz CT molecular complexity index is 616. The molecule has 0 N–H and O–H groups in total. The van der Waals surface area contributed by atoms with E-state index in [0.29, 0.717) is 11.8 Å². The topological polar surface area (TPSA) is 44.8 Å². The molecule has 1 saturated carbocycles. The number of carbonyl (C=O) groups excluding carboxylic acids is 1. The number of cyclic esters (lactones) is 1. The maximum atomic E-state index is 12.1. The van der Waals surface area contributed by atoms with Crippen LogP contribution in [0.3, 0.4) is 0 Å². The normalized spacial score (nSPS) is 37.2. The molecule has 0 aromatic carbocycles. The summed E-state index contributed by atoms with van der Waals surface area (Å²) in [5.41, 5.74) is -0.982. The smallest absolute Gasteiger partial charge is 0.340 e. The first kappa shape index (κ1) is 19.9. The van der Waals surface area contributed by atoms with Crippen molar-refractivity contribution in [1.29, 1.82) is 0 Å². The summed E-state index contributed by atoms with van der Waals surface area (Å²) < 4.78 is 18.4. The molecular formula is C21H36O4Si. The highest BCUT2D eigenvalue weighted by atomic mass is 28.4. The lowest BCUT2D eigenvalue weighted by Gasteiger charge is -2.48. The van der Waals surface area contributed by atoms with Crippen molar-refractivity contribution in [1.82, 2.24) is 0 Å². The minimum Gasteiger partial charge on any atom is -0.547 e. The van der Waals surface area contributed by atoms with E-state index in [1.54, 1.807) is 13.8 Å². The van der Waals surface area contributed by atoms with Crippen LogP contribution in [0.25, 0.3) is 0 Å². The molecule has 4 nitrogen and oxygen atoms in total. The number of carbonyl (C=O) groups is 1. The molecule has 1 heterocycles. The second-order valence-corrected chi connectivity index (χ2v) is 15.7. The summed E-state index contributed by atoms with van der Waals surface area (Å²) in [6.07, 6.45) is 6.13. The molecule has 0 aromatic rings. The van der Waals surface area contributed by atoms with E-state index in [-0.39, 0.29) is 16.4 Å². The molecule has 0 spiro atoms. The highest BCUT2D eigenvalue weighted by Crippen LogP contribution is 2.54. The zero-order valence-corrected chi connectivity index (χ0v) is 18.8. The van der Waals surface area contributed by atoms with Gasteiger partial charge in [0, 0.05) is 11.3 Å². The molecule has 0 radical (unpaired) electrons. The van der Waals surface area contributed by atoms with Gasteiger partial charge in [-0.2, -0.15) is 0 Å². The van der Waals surface area contributed by atoms with Gasteiger partial charge in [-0.25, -0.2) is 4.79 Å². The first-order valence-electron chi connectivity index (χ1n) is 10.0. The van der Waals surface area contributed by atoms with Crippen molar-refractivity contribution >= 4 is 14.3 Å². The summed E-state index contributed by atoms with van der Waals surface area (Å²) in [6.45, 7) is 17.3. The van der Waals surface area contributed by atoms with Gasteiger partial charge in [0.1, 0.15) is 0 Å². The molecule has 1 unspecified atom stereocenters. The van der Waals surface area contributed by atoms with E-state index < -0.39 is 20.2 Å². The number of fused-ring (bicyclic) bond motifs is 2. The van der Waals surface area contributed by atoms with Gasteiger partial charge in [-0.1, -0.05) is 27.7 Å². The molecule has 2 aliphatic carbocycles. The van der Waals surface area contributed by atoms with Gasteiger partial charge in [0.15, 0.2) is 5.60 Å². The van der Waals surface area contributed by atoms with E-state index >= 15 is 0 Å². The Hall–Kier alpha value is -0.813. The van der Waals surface area contributed by atoms with Crippen LogP contribution in [0, 0.1) is 17.3 Å². The number of ether oxygens (including phenoxy) is 2. The molecule has 1 aliphatic heterocycles. The SMILES string of the molecule is CC1(C)OC([C@@]2(C)C[C@@H]3CC=C(O[Si](C)(C)C(C)(C)C)[C@H](C3)C2)OC1=O. The molecule has 4 atom stereocenters. The number of allylic oxidation sites excluding steroid dienone is 2. The monoisotopic (exact) mass is 380 g/mol. The van der Waals surface area contributed by atoms with Crippen molar-refractivity contribution in [3.63, 3.8) is 0 Å². The lowest BCUT2D eigenvalue weighted by atomic mass is 9.62. The molecule has 1 saturated heterocycles. The van der Waals surface area contributed by atoms with E-state index in [0.717, 1.165) is 19.3 Å². The summed E-state index contributed by atoms with van der Waals surface area (Å²) in [6, 6.07) is 0. The fraction of sp³-hybridized carbons (Fsp3) is 0.857. The first-order valence-corrected chi connectivity index (χ1v) is 12.9. The van der Waals surface area contributed by atoms with Crippen molar-refractivity contribution in [3.8, 4) is 0 Å². The fourth-order valence-corrected chi connectivity index (χ4v) is 5.49. The lowest BCUT2D eigenvalue weighted by molar-refractivity contribution is -0.177. The van der Waals surface area contributed by atoms with Crippen LogP contribution in [0.15, 0.2) is 11.8 Å². The van der Waals surface area contributed by atoms with Gasteiger partial charge in [-0.15, -0.1) is 0 Å². The number of hydrogen-bond acceptors (Lipinski definition) is 4. The van der Waals surface area contributed by atoms with Crippen molar-refractivity contribution < 1.29 is 18.7 Å². The zero-order valence-electron chi connectivity index (χ0n) is 17.8. The van der Waals surface area contributed by atoms with Crippen LogP contribution < -0.4 is 0 Å². The van der Waals surface area contributed by atoms with Crippen LogP contribution in [0.5, 0.6) is 0 Å². The average Bonchev–Trinajstić information content (AvgIpc) is 2.75. The van der Waals surface area contributed by atoms with Crippen LogP contribution in [0.4, 0.5) is 0 Å². The molecule has 2 fully saturated rings. The van der Waals surface area contributed by atoms with Crippen molar-refractivity contribution in [3.05, 3.63) is 11.8 Å². The van der Waals surface area contributed by atoms with Gasteiger partial charge in [0.25, 0.3) is 0 Å². The Morgan fingerprint density at radius 3 is 2.38 bits per heavy atom. The molecule has 26 heavy (non-hydrogen) atoms. The van der Waals surface area contributed by atoms with Gasteiger partial charge >= 0.3 is 5.97 Å². The Morgan fingerprint density at radius 1 is 1.19 bits per heavy atom. The summed E-state index contributed by atoms with van der Waals surface area (Å²) >= 11 is 0. The van der Waals surface area contributed by atoms with Gasteiger partial charge in [0.2, 0.25) is 14.6 Å². The van der Waals surface area contributed by atoms with Crippen molar-refractivity contribution in [2.24, 2.45) is 17.3 Å². The fourth-order valence-electron chi connectivity index (χ4n) is 4.35. The summed E-state index contributed by atoms with van der Waals surface area (Å²) in [4.78, 5) is 12.1. The maximum absolute atomic E-state index is 12.1. The maximum Gasteiger partial charge on any atom is 0.340 e. The largest absolute Gasteiger partial charge is 0.547 e. The van der Waals surface area contributed by atoms with Gasteiger partial charge in [-0.3, -0.25) is 0 Å². The van der Waals surface area contributed by atoms with Crippen LogP contribution >= 0.6 is 0 Å². The number of rotatable bonds is 3. The van der Waals surface area contributed by atoms with E-state index in [1.165, 1.54) is 12.2 Å². The van der Waals surface area contributed by atoms with Crippen LogP contribution in [-0.4, -0.2) is 26.2 Å². The zero-order chi connectivity index (χ0) is 19.5. The van der Waals surface area contributed by atoms with Crippen LogP contribution in [-0.2, 0) is 18.7 Å². The second kappa shape index (κ2) is 6.10. The Kier molecular flexibility index (Phi) is 4.67. The molecule has 5 heteroatoms. The number of hydrogen-bond donors (Lipinski definition) is 0. The van der Waals surface area contributed by atoms with Gasteiger partial charge in [-0.05, 0) is 69.7 Å². The quantitative estimate of drug-likeness (QED) is 0.486. The summed E-state index contributed by atoms with van der Waals surface area (Å²) in [5, 5.41) is 0.191. The molecule has 3 rings (SSSR count). The van der Waals surface area contributed by atoms with Gasteiger partial charge < -0.3 is 13.9 Å². The van der Waals surface area contributed by atoms with Crippen molar-refractivity contribution in [2.45, 2.75) is 97.2 Å². The second-order valence-electron chi connectivity index (χ2n) is 10.9. The van der Waals surface area contributed by atoms with E-state index in [4.69, 9.17) is 13.9 Å². The van der Waals surface area contributed by atoms with Crippen LogP contribution in [0.1, 0.15) is 67.2 Å². The Morgan fingerprint density at radius 2 is 1.85 bits per heavy atom. The molecular weight excluding hydrogens is 344 g/mol. The molecule has 2 bridgehead atoms. The molecule has 0 amide bonds. The number of esters is 1. The minimum atomic E-state index is -1.85. The summed E-state index contributed by atoms with van der Waals surface area (Å²) in [7, 11) is -1.85. The van der Waals surface area contributed by atoms with Gasteiger partial charge in [0.05, 0.1) is 5.76 Å². The third-order valence-electron chi connectivity index (χ3n) is 7.00. The third-order valence-corrected chi connectivity index (χ3v) is 11.4. The lowest BCUT2D eigenvalue weighted by Crippen LogP contribution is -2.46. The van der Waals surface area contributed by atoms with E-state index in [9.17, 15) is 4.79 Å². The summed E-state index contributed by atoms with van der Waals surface area (Å²) in [5.74, 6) is 1.97. The predicted molar refractivity (Wildman–Crippen MR) is 105 cm³/mol. The highest BCUT2D eigenvalue weighted by Gasteiger charge is 2.54. The first-order chi connectivity index (χ1) is 11.7. The average molecular weight is 381 g/mol.